The van der Waals surface area contributed by atoms with E-state index >= 15 is 0 Å². The normalized spacial score (nSPS) is 30.8. The van der Waals surface area contributed by atoms with E-state index in [9.17, 15) is 4.57 Å². The average Bonchev–Trinajstić information content (AvgIpc) is 2.01. The first-order valence-electron chi connectivity index (χ1n) is 5.01. The third-order valence-corrected chi connectivity index (χ3v) is 9.69. The van der Waals surface area contributed by atoms with Crippen LogP contribution in [-0.4, -0.2) is 10.3 Å². The lowest BCUT2D eigenvalue weighted by atomic mass is 10.0. The first-order valence-corrected chi connectivity index (χ1v) is 7.62. The van der Waals surface area contributed by atoms with Crippen molar-refractivity contribution in [1.29, 1.82) is 0 Å². The highest BCUT2D eigenvalue weighted by atomic mass is 35.7. The Morgan fingerprint density at radius 2 is 1.31 bits per heavy atom. The van der Waals surface area contributed by atoms with Crippen molar-refractivity contribution in [3.05, 3.63) is 0 Å². The van der Waals surface area contributed by atoms with Crippen molar-refractivity contribution in [3.8, 4) is 0 Å². The minimum Gasteiger partial charge on any atom is -0.306 e. The lowest BCUT2D eigenvalue weighted by molar-refractivity contribution is 0.515. The van der Waals surface area contributed by atoms with E-state index in [4.69, 9.17) is 11.2 Å². The minimum atomic E-state index is -2.56. The van der Waals surface area contributed by atoms with Gasteiger partial charge >= 0.3 is 0 Å². The van der Waals surface area contributed by atoms with Gasteiger partial charge in [0, 0.05) is 10.3 Å². The molecule has 0 atom stereocenters. The number of hydrogen-bond acceptors (Lipinski definition) is 1. The third-order valence-electron chi connectivity index (χ3n) is 3.38. The molecule has 0 spiro atoms. The Morgan fingerprint density at radius 3 is 1.62 bits per heavy atom. The van der Waals surface area contributed by atoms with E-state index in [0.29, 0.717) is 0 Å². The molecular weight excluding hydrogens is 203 g/mol. The maximum atomic E-state index is 12.5. The van der Waals surface area contributed by atoms with Gasteiger partial charge in [-0.15, -0.1) is 0 Å². The van der Waals surface area contributed by atoms with Crippen molar-refractivity contribution in [1.82, 2.24) is 0 Å². The molecule has 1 heterocycles. The van der Waals surface area contributed by atoms with Gasteiger partial charge in [-0.05, 0) is 12.8 Å². The molecular formula is C10H20ClOP. The highest BCUT2D eigenvalue weighted by Crippen LogP contribution is 2.74. The van der Waals surface area contributed by atoms with Gasteiger partial charge in [-0.2, -0.15) is 0 Å². The zero-order chi connectivity index (χ0) is 10.3. The molecule has 0 saturated carbocycles. The van der Waals surface area contributed by atoms with Crippen LogP contribution in [-0.2, 0) is 4.57 Å². The largest absolute Gasteiger partial charge is 0.306 e. The van der Waals surface area contributed by atoms with E-state index in [1.54, 1.807) is 0 Å². The molecule has 0 aromatic heterocycles. The second-order valence-corrected chi connectivity index (χ2v) is 10.3. The average molecular weight is 223 g/mol. The van der Waals surface area contributed by atoms with Crippen molar-refractivity contribution in [3.63, 3.8) is 0 Å². The molecule has 1 aliphatic rings. The second-order valence-electron chi connectivity index (χ2n) is 5.36. The van der Waals surface area contributed by atoms with Crippen LogP contribution in [0.3, 0.4) is 0 Å². The van der Waals surface area contributed by atoms with E-state index in [2.05, 4.69) is 0 Å². The van der Waals surface area contributed by atoms with E-state index in [1.165, 1.54) is 0 Å². The number of hydrogen-bond donors (Lipinski definition) is 0. The molecule has 0 bridgehead atoms. The summed E-state index contributed by atoms with van der Waals surface area (Å²) in [7, 11) is 0. The molecule has 0 radical (unpaired) electrons. The monoisotopic (exact) mass is 222 g/mol. The van der Waals surface area contributed by atoms with Crippen LogP contribution in [0.1, 0.15) is 53.4 Å². The number of halogens is 1. The molecule has 1 fully saturated rings. The zero-order valence-electron chi connectivity index (χ0n) is 9.06. The quantitative estimate of drug-likeness (QED) is 0.546. The fourth-order valence-electron chi connectivity index (χ4n) is 2.22. The highest BCUT2D eigenvalue weighted by Gasteiger charge is 2.50. The van der Waals surface area contributed by atoms with Gasteiger partial charge < -0.3 is 4.57 Å². The Labute approximate surface area is 86.4 Å². The van der Waals surface area contributed by atoms with Crippen molar-refractivity contribution in [2.24, 2.45) is 0 Å². The Kier molecular flexibility index (Phi) is 2.92. The summed E-state index contributed by atoms with van der Waals surface area (Å²) in [6, 6.07) is 0. The van der Waals surface area contributed by atoms with Gasteiger partial charge in [-0.3, -0.25) is 0 Å². The van der Waals surface area contributed by atoms with Gasteiger partial charge in [-0.1, -0.05) is 51.8 Å². The first-order chi connectivity index (χ1) is 5.71. The lowest BCUT2D eigenvalue weighted by Crippen LogP contribution is -2.28. The molecule has 0 aromatic rings. The Balaban J connectivity index is 3.11. The highest BCUT2D eigenvalue weighted by molar-refractivity contribution is 7.91. The molecule has 1 rings (SSSR count). The summed E-state index contributed by atoms with van der Waals surface area (Å²) in [6.45, 7) is 5.63. The summed E-state index contributed by atoms with van der Waals surface area (Å²) in [4.78, 5) is 0. The number of rotatable bonds is 0. The summed E-state index contributed by atoms with van der Waals surface area (Å²) < 4.78 is 12.5. The SMILES string of the molecule is CC1(C)CCCCC(C)(C)P1(=O)Cl. The topological polar surface area (TPSA) is 17.1 Å². The van der Waals surface area contributed by atoms with Crippen LogP contribution >= 0.6 is 17.7 Å². The van der Waals surface area contributed by atoms with Gasteiger partial charge in [0.2, 0.25) is 0 Å². The summed E-state index contributed by atoms with van der Waals surface area (Å²) >= 11 is 6.32. The molecule has 0 N–H and O–H groups in total. The van der Waals surface area contributed by atoms with E-state index in [-0.39, 0.29) is 10.3 Å². The van der Waals surface area contributed by atoms with Gasteiger partial charge in [0.05, 0.1) is 0 Å². The maximum Gasteiger partial charge on any atom is 0.180 e. The van der Waals surface area contributed by atoms with Gasteiger partial charge in [-0.25, -0.2) is 0 Å². The van der Waals surface area contributed by atoms with Crippen molar-refractivity contribution >= 4 is 17.7 Å². The molecule has 0 aliphatic carbocycles. The molecule has 78 valence electrons. The molecule has 1 nitrogen and oxygen atoms in total. The van der Waals surface area contributed by atoms with Crippen LogP contribution in [0.4, 0.5) is 0 Å². The van der Waals surface area contributed by atoms with Gasteiger partial charge in [0.1, 0.15) is 0 Å². The van der Waals surface area contributed by atoms with Gasteiger partial charge in [0.15, 0.2) is 6.49 Å². The third kappa shape index (κ3) is 1.83. The van der Waals surface area contributed by atoms with Crippen molar-refractivity contribution in [2.75, 3.05) is 0 Å². The molecule has 0 unspecified atom stereocenters. The standard InChI is InChI=1S/C10H20ClOP/c1-9(2)7-5-6-8-10(3,4)13(9,11)12/h5-8H2,1-4H3. The first kappa shape index (κ1) is 11.6. The van der Waals surface area contributed by atoms with Gasteiger partial charge in [0.25, 0.3) is 0 Å². The lowest BCUT2D eigenvalue weighted by Gasteiger charge is -2.38. The summed E-state index contributed by atoms with van der Waals surface area (Å²) in [6.07, 6.45) is 4.31. The Hall–Kier alpha value is 0.520. The molecule has 1 aliphatic heterocycles. The second kappa shape index (κ2) is 3.28. The summed E-state index contributed by atoms with van der Waals surface area (Å²) in [5, 5.41) is -0.372. The van der Waals surface area contributed by atoms with E-state index < -0.39 is 6.49 Å². The van der Waals surface area contributed by atoms with Crippen LogP contribution in [0.5, 0.6) is 0 Å². The molecule has 13 heavy (non-hydrogen) atoms. The molecule has 0 aromatic carbocycles. The smallest absolute Gasteiger partial charge is 0.180 e. The fraction of sp³-hybridized carbons (Fsp3) is 1.00. The van der Waals surface area contributed by atoms with E-state index in [1.807, 2.05) is 27.7 Å². The van der Waals surface area contributed by atoms with Crippen molar-refractivity contribution < 1.29 is 4.57 Å². The molecule has 3 heteroatoms. The van der Waals surface area contributed by atoms with Crippen LogP contribution in [0.2, 0.25) is 0 Å². The maximum absolute atomic E-state index is 12.5. The predicted molar refractivity (Wildman–Crippen MR) is 60.1 cm³/mol. The van der Waals surface area contributed by atoms with E-state index in [0.717, 1.165) is 25.7 Å². The van der Waals surface area contributed by atoms with Crippen LogP contribution in [0.25, 0.3) is 0 Å². The summed E-state index contributed by atoms with van der Waals surface area (Å²) in [5.74, 6) is 0. The minimum absolute atomic E-state index is 0.186. The van der Waals surface area contributed by atoms with Crippen molar-refractivity contribution in [2.45, 2.75) is 63.7 Å². The van der Waals surface area contributed by atoms with Crippen LogP contribution in [0.15, 0.2) is 0 Å². The summed E-state index contributed by atoms with van der Waals surface area (Å²) in [5.41, 5.74) is 0. The zero-order valence-corrected chi connectivity index (χ0v) is 10.7. The Morgan fingerprint density at radius 1 is 1.00 bits per heavy atom. The Bertz CT molecular complexity index is 223. The fourth-order valence-corrected chi connectivity index (χ4v) is 5.26. The molecule has 0 amide bonds. The van der Waals surface area contributed by atoms with Crippen LogP contribution < -0.4 is 0 Å². The predicted octanol–water partition coefficient (Wildman–Crippen LogP) is 4.63. The van der Waals surface area contributed by atoms with Crippen LogP contribution in [0, 0.1) is 0 Å². The molecule has 1 saturated heterocycles.